The number of furan rings is 1. The van der Waals surface area contributed by atoms with Crippen molar-refractivity contribution in [1.29, 1.82) is 0 Å². The zero-order chi connectivity index (χ0) is 33.0. The minimum absolute atomic E-state index is 0.0446. The highest BCUT2D eigenvalue weighted by Crippen LogP contribution is 2.42. The molecule has 0 radical (unpaired) electrons. The Kier molecular flexibility index (Phi) is 6.56. The fraction of sp³-hybridized carbons (Fsp3) is 0.0444. The molecule has 3 heterocycles. The van der Waals surface area contributed by atoms with Crippen molar-refractivity contribution in [3.63, 3.8) is 0 Å². The van der Waals surface area contributed by atoms with Gasteiger partial charge in [-0.25, -0.2) is 15.0 Å². The van der Waals surface area contributed by atoms with Gasteiger partial charge in [0.15, 0.2) is 11.6 Å². The standard InChI is InChI=1S/C45H30N4O/c1-4-13-29(14-5-1)34-20-12-21-37-38-27-31(24-26-39(38)49(42(34)37)33-17-8-3-9-18-33)44-46-43(30-15-6-2-7-16-30)47-45(48-44)32-23-25-36-35-19-10-11-22-40(35)50-41(36)28-32/h1-26,28,31H,27H2. The first-order valence-corrected chi connectivity index (χ1v) is 17.0. The van der Waals surface area contributed by atoms with Crippen LogP contribution in [-0.4, -0.2) is 19.5 Å². The van der Waals surface area contributed by atoms with E-state index in [1.807, 2.05) is 36.4 Å². The minimum Gasteiger partial charge on any atom is -0.456 e. The molecule has 3 aromatic heterocycles. The van der Waals surface area contributed by atoms with Crippen molar-refractivity contribution in [3.8, 4) is 39.6 Å². The summed E-state index contributed by atoms with van der Waals surface area (Å²) in [5.74, 6) is 2.00. The molecule has 1 aliphatic carbocycles. The first-order chi connectivity index (χ1) is 24.8. The van der Waals surface area contributed by atoms with Crippen molar-refractivity contribution in [3.05, 3.63) is 175 Å². The van der Waals surface area contributed by atoms with Gasteiger partial charge in [0.2, 0.25) is 0 Å². The summed E-state index contributed by atoms with van der Waals surface area (Å²) < 4.78 is 8.66. The van der Waals surface area contributed by atoms with E-state index >= 15 is 0 Å². The quantitative estimate of drug-likeness (QED) is 0.187. The Morgan fingerprint density at radius 3 is 2.00 bits per heavy atom. The number of allylic oxidation sites excluding steroid dienone is 1. The molecule has 0 fully saturated rings. The van der Waals surface area contributed by atoms with Gasteiger partial charge in [0.1, 0.15) is 17.0 Å². The van der Waals surface area contributed by atoms with Crippen molar-refractivity contribution in [2.75, 3.05) is 0 Å². The summed E-state index contributed by atoms with van der Waals surface area (Å²) in [6, 6.07) is 52.5. The second kappa shape index (κ2) is 11.5. The monoisotopic (exact) mass is 642 g/mol. The highest BCUT2D eigenvalue weighted by molar-refractivity contribution is 6.05. The van der Waals surface area contributed by atoms with E-state index < -0.39 is 0 Å². The first kappa shape index (κ1) is 28.4. The highest BCUT2D eigenvalue weighted by Gasteiger charge is 2.27. The molecule has 0 saturated heterocycles. The molecule has 0 bridgehead atoms. The van der Waals surface area contributed by atoms with Gasteiger partial charge in [-0.3, -0.25) is 0 Å². The largest absolute Gasteiger partial charge is 0.456 e. The third kappa shape index (κ3) is 4.66. The number of rotatable bonds is 5. The minimum atomic E-state index is -0.0446. The van der Waals surface area contributed by atoms with Crippen molar-refractivity contribution in [1.82, 2.24) is 19.5 Å². The molecule has 6 aromatic carbocycles. The Morgan fingerprint density at radius 2 is 1.20 bits per heavy atom. The highest BCUT2D eigenvalue weighted by atomic mass is 16.3. The maximum atomic E-state index is 6.25. The van der Waals surface area contributed by atoms with Gasteiger partial charge in [0.05, 0.1) is 5.52 Å². The van der Waals surface area contributed by atoms with Crippen LogP contribution in [0.25, 0.3) is 78.5 Å². The van der Waals surface area contributed by atoms with E-state index in [9.17, 15) is 0 Å². The number of para-hydroxylation sites is 3. The summed E-state index contributed by atoms with van der Waals surface area (Å²) in [5, 5.41) is 3.42. The summed E-state index contributed by atoms with van der Waals surface area (Å²) in [7, 11) is 0. The van der Waals surface area contributed by atoms with Gasteiger partial charge in [0, 0.05) is 50.1 Å². The van der Waals surface area contributed by atoms with Gasteiger partial charge in [-0.1, -0.05) is 127 Å². The van der Waals surface area contributed by atoms with E-state index in [1.54, 1.807) is 0 Å². The number of hydrogen-bond donors (Lipinski definition) is 0. The van der Waals surface area contributed by atoms with Gasteiger partial charge < -0.3 is 8.98 Å². The van der Waals surface area contributed by atoms with Gasteiger partial charge in [-0.15, -0.1) is 0 Å². The van der Waals surface area contributed by atoms with Crippen LogP contribution in [0, 0.1) is 0 Å². The molecule has 0 saturated carbocycles. The lowest BCUT2D eigenvalue weighted by atomic mass is 9.90. The Bertz CT molecular complexity index is 2730. The van der Waals surface area contributed by atoms with Crippen LogP contribution in [0.2, 0.25) is 0 Å². The Morgan fingerprint density at radius 1 is 0.540 bits per heavy atom. The lowest BCUT2D eigenvalue weighted by Gasteiger charge is -2.19. The number of benzene rings is 6. The topological polar surface area (TPSA) is 56.7 Å². The molecule has 50 heavy (non-hydrogen) atoms. The van der Waals surface area contributed by atoms with Crippen LogP contribution in [-0.2, 0) is 6.42 Å². The molecule has 0 aliphatic heterocycles. The SMILES string of the molecule is C1=CC(c2nc(-c3ccccc3)nc(-c3ccc4c(c3)oc3ccccc34)n2)Cc2c1n(-c1ccccc1)c1c(-c3ccccc3)cccc21. The molecule has 5 nitrogen and oxygen atoms in total. The molecule has 0 amide bonds. The molecule has 0 N–H and O–H groups in total. The van der Waals surface area contributed by atoms with E-state index in [2.05, 4.69) is 132 Å². The molecule has 9 aromatic rings. The normalized spacial score (nSPS) is 14.0. The van der Waals surface area contributed by atoms with Gasteiger partial charge in [-0.2, -0.15) is 0 Å². The van der Waals surface area contributed by atoms with Crippen LogP contribution in [0.4, 0.5) is 0 Å². The lowest BCUT2D eigenvalue weighted by molar-refractivity contribution is 0.669. The molecule has 236 valence electrons. The maximum Gasteiger partial charge on any atom is 0.163 e. The Hall–Kier alpha value is -6.59. The van der Waals surface area contributed by atoms with Crippen molar-refractivity contribution < 1.29 is 4.42 Å². The molecular weight excluding hydrogens is 613 g/mol. The van der Waals surface area contributed by atoms with E-state index in [0.29, 0.717) is 11.6 Å². The number of hydrogen-bond acceptors (Lipinski definition) is 4. The average Bonchev–Trinajstić information content (AvgIpc) is 3.74. The number of fused-ring (bicyclic) bond motifs is 6. The van der Waals surface area contributed by atoms with Crippen molar-refractivity contribution in [2.24, 2.45) is 0 Å². The molecule has 5 heteroatoms. The smallest absolute Gasteiger partial charge is 0.163 e. The maximum absolute atomic E-state index is 6.25. The third-order valence-electron chi connectivity index (χ3n) is 9.80. The average molecular weight is 643 g/mol. The van der Waals surface area contributed by atoms with E-state index in [0.717, 1.165) is 51.0 Å². The van der Waals surface area contributed by atoms with Crippen LogP contribution in [0.15, 0.2) is 162 Å². The zero-order valence-electron chi connectivity index (χ0n) is 27.1. The third-order valence-corrected chi connectivity index (χ3v) is 9.80. The molecule has 1 unspecified atom stereocenters. The Labute approximate surface area is 288 Å². The van der Waals surface area contributed by atoms with Crippen LogP contribution in [0.3, 0.4) is 0 Å². The van der Waals surface area contributed by atoms with E-state index in [1.165, 1.54) is 33.3 Å². The predicted octanol–water partition coefficient (Wildman–Crippen LogP) is 11.1. The van der Waals surface area contributed by atoms with Gasteiger partial charge >= 0.3 is 0 Å². The van der Waals surface area contributed by atoms with Crippen LogP contribution >= 0.6 is 0 Å². The van der Waals surface area contributed by atoms with E-state index in [4.69, 9.17) is 19.4 Å². The number of aromatic nitrogens is 4. The van der Waals surface area contributed by atoms with Gasteiger partial charge in [-0.05, 0) is 54.0 Å². The predicted molar refractivity (Wildman–Crippen MR) is 202 cm³/mol. The molecule has 10 rings (SSSR count). The molecule has 0 spiro atoms. The first-order valence-electron chi connectivity index (χ1n) is 17.0. The summed E-state index contributed by atoms with van der Waals surface area (Å²) >= 11 is 0. The fourth-order valence-electron chi connectivity index (χ4n) is 7.45. The van der Waals surface area contributed by atoms with Crippen LogP contribution in [0.5, 0.6) is 0 Å². The van der Waals surface area contributed by atoms with Gasteiger partial charge in [0.25, 0.3) is 0 Å². The molecular formula is C45H30N4O. The van der Waals surface area contributed by atoms with Crippen LogP contribution < -0.4 is 0 Å². The lowest BCUT2D eigenvalue weighted by Crippen LogP contribution is -2.12. The number of nitrogens with zero attached hydrogens (tertiary/aromatic N) is 4. The summed E-state index contributed by atoms with van der Waals surface area (Å²) in [6.07, 6.45) is 5.29. The van der Waals surface area contributed by atoms with Crippen LogP contribution in [0.1, 0.15) is 23.0 Å². The Balaban J connectivity index is 1.13. The summed E-state index contributed by atoms with van der Waals surface area (Å²) in [5.41, 5.74) is 10.8. The van der Waals surface area contributed by atoms with Crippen molar-refractivity contribution in [2.45, 2.75) is 12.3 Å². The second-order valence-corrected chi connectivity index (χ2v) is 12.8. The molecule has 1 atom stereocenters. The summed E-state index contributed by atoms with van der Waals surface area (Å²) in [6.45, 7) is 0. The summed E-state index contributed by atoms with van der Waals surface area (Å²) in [4.78, 5) is 15.3. The fourth-order valence-corrected chi connectivity index (χ4v) is 7.45. The second-order valence-electron chi connectivity index (χ2n) is 12.8. The van der Waals surface area contributed by atoms with E-state index in [-0.39, 0.29) is 5.92 Å². The molecule has 1 aliphatic rings. The zero-order valence-corrected chi connectivity index (χ0v) is 27.1. The van der Waals surface area contributed by atoms with Crippen molar-refractivity contribution >= 4 is 38.9 Å².